The van der Waals surface area contributed by atoms with Gasteiger partial charge >= 0.3 is 0 Å². The summed E-state index contributed by atoms with van der Waals surface area (Å²) in [7, 11) is 1.67. The molecule has 0 spiro atoms. The lowest BCUT2D eigenvalue weighted by Crippen LogP contribution is -2.35. The van der Waals surface area contributed by atoms with Crippen molar-refractivity contribution in [3.8, 4) is 0 Å². The molecular formula is C11H25NO3S. The number of hydrogen-bond acceptors (Lipinski definition) is 2. The maximum atomic E-state index is 11.2. The Balaban J connectivity index is 3.91. The number of methoxy groups -OCH3 is 1. The first-order valence-electron chi connectivity index (χ1n) is 6.00. The molecule has 0 saturated carbocycles. The van der Waals surface area contributed by atoms with Gasteiger partial charge in [0.2, 0.25) is 11.3 Å². The van der Waals surface area contributed by atoms with Crippen LogP contribution in [-0.2, 0) is 16.0 Å². The van der Waals surface area contributed by atoms with Crippen LogP contribution in [0.1, 0.15) is 46.0 Å². The van der Waals surface area contributed by atoms with E-state index in [-0.39, 0.29) is 6.04 Å². The second-order valence-electron chi connectivity index (χ2n) is 4.06. The highest BCUT2D eigenvalue weighted by atomic mass is 32.2. The molecule has 0 heterocycles. The zero-order valence-electron chi connectivity index (χ0n) is 10.6. The van der Waals surface area contributed by atoms with Gasteiger partial charge in [-0.3, -0.25) is 4.55 Å². The fourth-order valence-corrected chi connectivity index (χ4v) is 2.31. The Bertz CT molecular complexity index is 190. The summed E-state index contributed by atoms with van der Waals surface area (Å²) in [5.74, 6) is 0. The van der Waals surface area contributed by atoms with Crippen molar-refractivity contribution >= 4 is 11.3 Å². The van der Waals surface area contributed by atoms with E-state index in [0.717, 1.165) is 38.7 Å². The zero-order valence-corrected chi connectivity index (χ0v) is 11.5. The van der Waals surface area contributed by atoms with Gasteiger partial charge < -0.3 is 4.74 Å². The Hall–Kier alpha value is 0.0300. The number of rotatable bonds is 10. The molecule has 1 N–H and O–H groups in total. The molecule has 0 fully saturated rings. The van der Waals surface area contributed by atoms with E-state index in [0.29, 0.717) is 6.54 Å². The van der Waals surface area contributed by atoms with Crippen LogP contribution in [0.3, 0.4) is 0 Å². The highest BCUT2D eigenvalue weighted by Gasteiger charge is 2.17. The summed E-state index contributed by atoms with van der Waals surface area (Å²) in [6.45, 7) is 5.53. The highest BCUT2D eigenvalue weighted by Crippen LogP contribution is 2.11. The third-order valence-electron chi connectivity index (χ3n) is 2.64. The lowest BCUT2D eigenvalue weighted by Gasteiger charge is -2.24. The van der Waals surface area contributed by atoms with E-state index in [1.807, 2.05) is 6.92 Å². The average molecular weight is 251 g/mol. The smallest absolute Gasteiger partial charge is 0.234 e. The van der Waals surface area contributed by atoms with Crippen LogP contribution in [0.2, 0.25) is 0 Å². The molecule has 0 aromatic rings. The van der Waals surface area contributed by atoms with Gasteiger partial charge in [0, 0.05) is 26.3 Å². The Kier molecular flexibility index (Phi) is 10.2. The second kappa shape index (κ2) is 10.2. The van der Waals surface area contributed by atoms with Crippen LogP contribution in [0.25, 0.3) is 0 Å². The summed E-state index contributed by atoms with van der Waals surface area (Å²) in [5, 5.41) is 0. The van der Waals surface area contributed by atoms with Gasteiger partial charge in [0.15, 0.2) is 0 Å². The van der Waals surface area contributed by atoms with E-state index < -0.39 is 11.3 Å². The van der Waals surface area contributed by atoms with Gasteiger partial charge in [-0.25, -0.2) is 4.21 Å². The van der Waals surface area contributed by atoms with Crippen molar-refractivity contribution in [1.82, 2.24) is 4.31 Å². The Morgan fingerprint density at radius 3 is 2.56 bits per heavy atom. The largest absolute Gasteiger partial charge is 0.385 e. The number of ether oxygens (including phenoxy) is 1. The second-order valence-corrected chi connectivity index (χ2v) is 4.99. The minimum atomic E-state index is -1.85. The lowest BCUT2D eigenvalue weighted by atomic mass is 10.1. The molecule has 0 rings (SSSR count). The van der Waals surface area contributed by atoms with Crippen molar-refractivity contribution < 1.29 is 13.5 Å². The first kappa shape index (κ1) is 16.0. The van der Waals surface area contributed by atoms with Crippen LogP contribution in [0.4, 0.5) is 0 Å². The van der Waals surface area contributed by atoms with E-state index in [4.69, 9.17) is 4.74 Å². The number of unbranched alkanes of at least 4 members (excludes halogenated alkanes) is 2. The maximum absolute atomic E-state index is 11.2. The predicted octanol–water partition coefficient (Wildman–Crippen LogP) is 2.43. The van der Waals surface area contributed by atoms with Crippen LogP contribution < -0.4 is 0 Å². The summed E-state index contributed by atoms with van der Waals surface area (Å²) >= 11 is -1.85. The van der Waals surface area contributed by atoms with E-state index in [2.05, 4.69) is 6.92 Å². The molecule has 0 saturated heterocycles. The summed E-state index contributed by atoms with van der Waals surface area (Å²) in [4.78, 5) is 0. The zero-order chi connectivity index (χ0) is 12.4. The van der Waals surface area contributed by atoms with Gasteiger partial charge in [-0.15, -0.1) is 0 Å². The van der Waals surface area contributed by atoms with Crippen LogP contribution in [0, 0.1) is 0 Å². The van der Waals surface area contributed by atoms with Crippen molar-refractivity contribution in [3.05, 3.63) is 0 Å². The topological polar surface area (TPSA) is 49.8 Å². The van der Waals surface area contributed by atoms with Gasteiger partial charge in [0.1, 0.15) is 0 Å². The average Bonchev–Trinajstić information content (AvgIpc) is 2.25. The molecule has 5 heteroatoms. The van der Waals surface area contributed by atoms with E-state index in [1.54, 1.807) is 11.4 Å². The third kappa shape index (κ3) is 7.33. The molecule has 16 heavy (non-hydrogen) atoms. The molecule has 0 aromatic carbocycles. The Labute approximate surface area is 102 Å². The van der Waals surface area contributed by atoms with E-state index in [1.165, 1.54) is 0 Å². The summed E-state index contributed by atoms with van der Waals surface area (Å²) in [5.41, 5.74) is 0. The number of nitrogens with zero attached hydrogens (tertiary/aromatic N) is 1. The molecule has 98 valence electrons. The van der Waals surface area contributed by atoms with Gasteiger partial charge in [0.25, 0.3) is 0 Å². The van der Waals surface area contributed by atoms with Crippen LogP contribution in [0.5, 0.6) is 0 Å². The maximum Gasteiger partial charge on any atom is 0.234 e. The molecule has 0 bridgehead atoms. The SMILES string of the molecule is CCCC[C@H](C)N(CCCCOC)S(=O)O. The van der Waals surface area contributed by atoms with Crippen molar-refractivity contribution in [1.29, 1.82) is 0 Å². The molecule has 4 nitrogen and oxygen atoms in total. The van der Waals surface area contributed by atoms with Crippen molar-refractivity contribution in [2.75, 3.05) is 20.3 Å². The van der Waals surface area contributed by atoms with Crippen LogP contribution in [0.15, 0.2) is 0 Å². The highest BCUT2D eigenvalue weighted by molar-refractivity contribution is 7.76. The standard InChI is InChI=1S/C11H25NO3S/c1-4-5-8-11(2)12(16(13)14)9-6-7-10-15-3/h11H,4-10H2,1-3H3,(H,13,14)/t11-/m0/s1. The molecule has 0 radical (unpaired) electrons. The molecule has 0 aromatic heterocycles. The minimum Gasteiger partial charge on any atom is -0.385 e. The van der Waals surface area contributed by atoms with Crippen molar-refractivity contribution in [2.24, 2.45) is 0 Å². The first-order chi connectivity index (χ1) is 7.63. The summed E-state index contributed by atoms with van der Waals surface area (Å²) in [6, 6.07) is 0.174. The van der Waals surface area contributed by atoms with Crippen molar-refractivity contribution in [2.45, 2.75) is 52.0 Å². The van der Waals surface area contributed by atoms with Gasteiger partial charge in [-0.2, -0.15) is 4.31 Å². The fourth-order valence-electron chi connectivity index (χ4n) is 1.61. The summed E-state index contributed by atoms with van der Waals surface area (Å²) < 4.78 is 27.0. The van der Waals surface area contributed by atoms with Gasteiger partial charge in [0.05, 0.1) is 0 Å². The first-order valence-corrected chi connectivity index (χ1v) is 7.06. The number of hydrogen-bond donors (Lipinski definition) is 1. The van der Waals surface area contributed by atoms with Gasteiger partial charge in [-0.1, -0.05) is 19.8 Å². The lowest BCUT2D eigenvalue weighted by molar-refractivity contribution is 0.188. The Morgan fingerprint density at radius 2 is 2.06 bits per heavy atom. The molecule has 0 amide bonds. The molecule has 0 aliphatic carbocycles. The van der Waals surface area contributed by atoms with Gasteiger partial charge in [-0.05, 0) is 26.2 Å². The normalized spacial score (nSPS) is 15.3. The third-order valence-corrected chi connectivity index (χ3v) is 3.59. The van der Waals surface area contributed by atoms with Crippen molar-refractivity contribution in [3.63, 3.8) is 0 Å². The van der Waals surface area contributed by atoms with E-state index in [9.17, 15) is 8.76 Å². The fraction of sp³-hybridized carbons (Fsp3) is 1.00. The molecular weight excluding hydrogens is 226 g/mol. The minimum absolute atomic E-state index is 0.174. The summed E-state index contributed by atoms with van der Waals surface area (Å²) in [6.07, 6.45) is 5.04. The quantitative estimate of drug-likeness (QED) is 0.479. The molecule has 2 atom stereocenters. The molecule has 0 aliphatic heterocycles. The van der Waals surface area contributed by atoms with Crippen LogP contribution >= 0.6 is 0 Å². The molecule has 0 aliphatic rings. The van der Waals surface area contributed by atoms with Crippen LogP contribution in [-0.4, -0.2) is 39.4 Å². The monoisotopic (exact) mass is 251 g/mol. The Morgan fingerprint density at radius 1 is 1.38 bits per heavy atom. The molecule has 1 unspecified atom stereocenters. The predicted molar refractivity (Wildman–Crippen MR) is 67.6 cm³/mol. The van der Waals surface area contributed by atoms with E-state index >= 15 is 0 Å².